The fourth-order valence-corrected chi connectivity index (χ4v) is 9.68. The van der Waals surface area contributed by atoms with Crippen LogP contribution in [0, 0.1) is 0 Å². The lowest BCUT2D eigenvalue weighted by Crippen LogP contribution is -2.10. The first-order valence-corrected chi connectivity index (χ1v) is 19.1. The summed E-state index contributed by atoms with van der Waals surface area (Å²) in [6.45, 7) is 0. The van der Waals surface area contributed by atoms with E-state index in [0.717, 1.165) is 28.4 Å². The Kier molecular flexibility index (Phi) is 7.56. The Hall–Kier alpha value is -6.20. The summed E-state index contributed by atoms with van der Waals surface area (Å²) >= 11 is 3.72. The second-order valence-electron chi connectivity index (χ2n) is 13.0. The van der Waals surface area contributed by atoms with Gasteiger partial charge in [-0.1, -0.05) is 109 Å². The Morgan fingerprint density at radius 3 is 1.56 bits per heavy atom. The van der Waals surface area contributed by atoms with Crippen molar-refractivity contribution < 1.29 is 0 Å². The van der Waals surface area contributed by atoms with Crippen molar-refractivity contribution >= 4 is 97.1 Å². The molecule has 2 heterocycles. The maximum atomic E-state index is 2.41. The number of thiophene rings is 2. The molecular weight excluding hydrogens is 669 g/mol. The Morgan fingerprint density at radius 1 is 0.288 bits per heavy atom. The van der Waals surface area contributed by atoms with Crippen molar-refractivity contribution in [2.75, 3.05) is 9.80 Å². The van der Waals surface area contributed by atoms with Crippen LogP contribution in [-0.4, -0.2) is 0 Å². The molecule has 8 aromatic carbocycles. The van der Waals surface area contributed by atoms with Gasteiger partial charge in [0.1, 0.15) is 0 Å². The summed E-state index contributed by atoms with van der Waals surface area (Å²) in [6, 6.07) is 70.3. The summed E-state index contributed by atoms with van der Waals surface area (Å²) in [5.41, 5.74) is 9.24. The van der Waals surface area contributed by atoms with Crippen molar-refractivity contribution in [3.63, 3.8) is 0 Å². The third kappa shape index (κ3) is 5.32. The number of hydrogen-bond acceptors (Lipinski definition) is 4. The van der Waals surface area contributed by atoms with E-state index in [1.165, 1.54) is 57.2 Å². The van der Waals surface area contributed by atoms with E-state index in [0.29, 0.717) is 0 Å². The van der Waals surface area contributed by atoms with Crippen LogP contribution in [0.4, 0.5) is 34.1 Å². The van der Waals surface area contributed by atoms with E-state index in [-0.39, 0.29) is 0 Å². The first-order chi connectivity index (χ1) is 25.8. The maximum Gasteiger partial charge on any atom is 0.0554 e. The zero-order chi connectivity index (χ0) is 34.4. The summed E-state index contributed by atoms with van der Waals surface area (Å²) in [5.74, 6) is 0. The van der Waals surface area contributed by atoms with E-state index in [4.69, 9.17) is 0 Å². The number of hydrogen-bond donors (Lipinski definition) is 0. The van der Waals surface area contributed by atoms with Crippen LogP contribution in [0.15, 0.2) is 194 Å². The summed E-state index contributed by atoms with van der Waals surface area (Å²) in [7, 11) is 0. The highest BCUT2D eigenvalue weighted by Crippen LogP contribution is 2.47. The van der Waals surface area contributed by atoms with Crippen LogP contribution in [0.1, 0.15) is 0 Å². The molecule has 2 aromatic heterocycles. The average Bonchev–Trinajstić information content (AvgIpc) is 3.78. The summed E-state index contributed by atoms with van der Waals surface area (Å²) in [4.78, 5) is 4.80. The molecule has 0 bridgehead atoms. The topological polar surface area (TPSA) is 6.48 Å². The van der Waals surface area contributed by atoms with E-state index in [1.54, 1.807) is 0 Å². The highest BCUT2D eigenvalue weighted by Gasteiger charge is 2.21. The molecule has 0 amide bonds. The standard InChI is InChI=1S/C48H32N2S2/c1-4-13-33(14-5-1)34-23-25-37(26-24-34)49(39-27-29-41-40-19-10-11-21-44(40)52-47(41)32-39)38-28-30-45-42(31-38)48-43(20-12-22-46(48)51-45)50(35-15-6-2-7-16-35)36-17-8-3-9-18-36/h1-32H. The predicted molar refractivity (Wildman–Crippen MR) is 227 cm³/mol. The maximum absolute atomic E-state index is 2.41. The monoisotopic (exact) mass is 700 g/mol. The van der Waals surface area contributed by atoms with E-state index < -0.39 is 0 Å². The molecule has 0 unspecified atom stereocenters. The van der Waals surface area contributed by atoms with Gasteiger partial charge in [-0.15, -0.1) is 22.7 Å². The van der Waals surface area contributed by atoms with E-state index in [9.17, 15) is 0 Å². The van der Waals surface area contributed by atoms with Gasteiger partial charge in [-0.05, 0) is 96.1 Å². The fraction of sp³-hybridized carbons (Fsp3) is 0. The lowest BCUT2D eigenvalue weighted by Gasteiger charge is -2.27. The lowest BCUT2D eigenvalue weighted by atomic mass is 10.0. The number of fused-ring (bicyclic) bond motifs is 6. The zero-order valence-electron chi connectivity index (χ0n) is 28.2. The number of nitrogens with zero attached hydrogens (tertiary/aromatic N) is 2. The van der Waals surface area contributed by atoms with E-state index in [2.05, 4.69) is 204 Å². The van der Waals surface area contributed by atoms with Crippen molar-refractivity contribution in [2.24, 2.45) is 0 Å². The van der Waals surface area contributed by atoms with E-state index in [1.807, 2.05) is 22.7 Å². The molecule has 0 atom stereocenters. The van der Waals surface area contributed by atoms with Gasteiger partial charge in [-0.3, -0.25) is 0 Å². The molecule has 0 spiro atoms. The van der Waals surface area contributed by atoms with Crippen molar-refractivity contribution in [1.82, 2.24) is 0 Å². The molecule has 52 heavy (non-hydrogen) atoms. The normalized spacial score (nSPS) is 11.5. The first-order valence-electron chi connectivity index (χ1n) is 17.5. The summed E-state index contributed by atoms with van der Waals surface area (Å²) in [5, 5.41) is 5.12. The van der Waals surface area contributed by atoms with Crippen molar-refractivity contribution in [3.05, 3.63) is 194 Å². The minimum Gasteiger partial charge on any atom is -0.310 e. The minimum absolute atomic E-state index is 1.12. The van der Waals surface area contributed by atoms with Gasteiger partial charge in [0.15, 0.2) is 0 Å². The van der Waals surface area contributed by atoms with Gasteiger partial charge >= 0.3 is 0 Å². The molecule has 0 saturated heterocycles. The van der Waals surface area contributed by atoms with E-state index >= 15 is 0 Å². The van der Waals surface area contributed by atoms with Crippen molar-refractivity contribution in [2.45, 2.75) is 0 Å². The Morgan fingerprint density at radius 2 is 0.808 bits per heavy atom. The zero-order valence-corrected chi connectivity index (χ0v) is 29.8. The Bertz CT molecular complexity index is 2800. The molecule has 10 aromatic rings. The van der Waals surface area contributed by atoms with Gasteiger partial charge < -0.3 is 9.80 Å². The van der Waals surface area contributed by atoms with Gasteiger partial charge in [-0.25, -0.2) is 0 Å². The molecule has 0 fully saturated rings. The molecule has 10 rings (SSSR count). The van der Waals surface area contributed by atoms with Crippen molar-refractivity contribution in [1.29, 1.82) is 0 Å². The molecular formula is C48H32N2S2. The fourth-order valence-electron chi connectivity index (χ4n) is 7.44. The predicted octanol–water partition coefficient (Wildman–Crippen LogP) is 15.0. The molecule has 0 aliphatic heterocycles. The molecule has 0 aliphatic rings. The second-order valence-corrected chi connectivity index (χ2v) is 15.1. The Labute approximate surface area is 310 Å². The van der Waals surface area contributed by atoms with Crippen LogP contribution in [0.5, 0.6) is 0 Å². The molecule has 0 N–H and O–H groups in total. The van der Waals surface area contributed by atoms with Crippen LogP contribution in [0.3, 0.4) is 0 Å². The van der Waals surface area contributed by atoms with Crippen LogP contribution < -0.4 is 9.80 Å². The average molecular weight is 701 g/mol. The molecule has 246 valence electrons. The largest absolute Gasteiger partial charge is 0.310 e. The van der Waals surface area contributed by atoms with Gasteiger partial charge in [0.05, 0.1) is 5.69 Å². The second kappa shape index (κ2) is 12.8. The number of rotatable bonds is 7. The minimum atomic E-state index is 1.12. The smallest absolute Gasteiger partial charge is 0.0554 e. The quantitative estimate of drug-likeness (QED) is 0.163. The van der Waals surface area contributed by atoms with Gasteiger partial charge in [0.25, 0.3) is 0 Å². The summed E-state index contributed by atoms with van der Waals surface area (Å²) in [6.07, 6.45) is 0. The van der Waals surface area contributed by atoms with Crippen LogP contribution in [-0.2, 0) is 0 Å². The molecule has 2 nitrogen and oxygen atoms in total. The van der Waals surface area contributed by atoms with Gasteiger partial charge in [-0.2, -0.15) is 0 Å². The molecule has 0 aliphatic carbocycles. The molecule has 0 radical (unpaired) electrons. The molecule has 0 saturated carbocycles. The van der Waals surface area contributed by atoms with Crippen molar-refractivity contribution in [3.8, 4) is 11.1 Å². The highest BCUT2D eigenvalue weighted by atomic mass is 32.1. The molecule has 4 heteroatoms. The first kappa shape index (κ1) is 30.6. The van der Waals surface area contributed by atoms with Crippen LogP contribution in [0.2, 0.25) is 0 Å². The SMILES string of the molecule is c1ccc(-c2ccc(N(c3ccc4c(c3)sc3ccccc34)c3ccc4sc5cccc(N(c6ccccc6)c6ccccc6)c5c4c3)cc2)cc1. The highest BCUT2D eigenvalue weighted by molar-refractivity contribution is 7.26. The third-order valence-electron chi connectivity index (χ3n) is 9.84. The van der Waals surface area contributed by atoms with Crippen LogP contribution in [0.25, 0.3) is 51.5 Å². The number of anilines is 6. The number of benzene rings is 8. The summed E-state index contributed by atoms with van der Waals surface area (Å²) < 4.78 is 5.14. The number of para-hydroxylation sites is 2. The third-order valence-corrected chi connectivity index (χ3v) is 12.1. The van der Waals surface area contributed by atoms with Crippen LogP contribution >= 0.6 is 22.7 Å². The lowest BCUT2D eigenvalue weighted by molar-refractivity contribution is 1.29. The Balaban J connectivity index is 1.18. The van der Waals surface area contributed by atoms with Gasteiger partial charge in [0, 0.05) is 68.8 Å². The van der Waals surface area contributed by atoms with Gasteiger partial charge in [0.2, 0.25) is 0 Å².